The first-order valence-corrected chi connectivity index (χ1v) is 9.02. The first-order valence-electron chi connectivity index (χ1n) is 9.02. The molecule has 0 atom stereocenters. The molecule has 0 bridgehead atoms. The summed E-state index contributed by atoms with van der Waals surface area (Å²) in [6.45, 7) is 5.14. The van der Waals surface area contributed by atoms with Gasteiger partial charge in [0, 0.05) is 19.7 Å². The minimum Gasteiger partial charge on any atom is -0.462 e. The van der Waals surface area contributed by atoms with Crippen molar-refractivity contribution in [2.45, 2.75) is 25.8 Å². The fourth-order valence-corrected chi connectivity index (χ4v) is 2.87. The highest BCUT2D eigenvalue weighted by molar-refractivity contribution is 6.01. The predicted molar refractivity (Wildman–Crippen MR) is 98.9 cm³/mol. The second-order valence-electron chi connectivity index (χ2n) is 6.37. The van der Waals surface area contributed by atoms with E-state index in [1.165, 1.54) is 12.1 Å². The van der Waals surface area contributed by atoms with Crippen molar-refractivity contribution in [1.82, 2.24) is 9.80 Å². The van der Waals surface area contributed by atoms with Crippen LogP contribution in [-0.2, 0) is 9.47 Å². The van der Waals surface area contributed by atoms with Gasteiger partial charge in [-0.2, -0.15) is 4.99 Å². The maximum Gasteiger partial charge on any atom is 0.295 e. The van der Waals surface area contributed by atoms with Crippen LogP contribution < -0.4 is 0 Å². The normalized spacial score (nSPS) is 16.5. The number of amides is 1. The molecule has 1 fully saturated rings. The molecule has 1 saturated heterocycles. The van der Waals surface area contributed by atoms with E-state index < -0.39 is 11.7 Å². The number of ether oxygens (including phenoxy) is 2. The molecule has 1 amide bonds. The summed E-state index contributed by atoms with van der Waals surface area (Å²) in [7, 11) is 3.95. The zero-order chi connectivity index (χ0) is 18.9. The molecule has 6 nitrogen and oxygen atoms in total. The summed E-state index contributed by atoms with van der Waals surface area (Å²) in [6, 6.07) is 6.27. The molecule has 1 aromatic carbocycles. The third kappa shape index (κ3) is 5.78. The van der Waals surface area contributed by atoms with Crippen LogP contribution in [0.3, 0.4) is 0 Å². The second-order valence-corrected chi connectivity index (χ2v) is 6.37. The topological polar surface area (TPSA) is 54.4 Å². The number of carbonyl (C=O) groups is 1. The lowest BCUT2D eigenvalue weighted by atomic mass is 10.0. The standard InChI is InChI=1S/C19H28FN3O3/c1-4-25-13-14-26-19(23(3)15-9-11-22(2)12-10-15)21-18(24)16-7-5-6-8-17(16)20/h5-8,15H,4,9-14H2,1-3H3. The quantitative estimate of drug-likeness (QED) is 0.440. The van der Waals surface area contributed by atoms with Crippen molar-refractivity contribution in [3.05, 3.63) is 35.6 Å². The molecular formula is C19H28FN3O3. The Balaban J connectivity index is 2.13. The van der Waals surface area contributed by atoms with Crippen LogP contribution in [0, 0.1) is 5.82 Å². The molecule has 0 spiro atoms. The highest BCUT2D eigenvalue weighted by atomic mass is 19.1. The van der Waals surface area contributed by atoms with Crippen molar-refractivity contribution in [2.24, 2.45) is 4.99 Å². The lowest BCUT2D eigenvalue weighted by Gasteiger charge is -2.36. The summed E-state index contributed by atoms with van der Waals surface area (Å²) >= 11 is 0. The van der Waals surface area contributed by atoms with Gasteiger partial charge in [0.1, 0.15) is 12.4 Å². The molecule has 7 heteroatoms. The van der Waals surface area contributed by atoms with Crippen LogP contribution in [0.15, 0.2) is 29.3 Å². The predicted octanol–water partition coefficient (Wildman–Crippen LogP) is 2.40. The smallest absolute Gasteiger partial charge is 0.295 e. The van der Waals surface area contributed by atoms with Gasteiger partial charge in [0.2, 0.25) is 0 Å². The van der Waals surface area contributed by atoms with Gasteiger partial charge in [0.05, 0.1) is 12.2 Å². The van der Waals surface area contributed by atoms with Crippen molar-refractivity contribution in [2.75, 3.05) is 47.0 Å². The molecule has 0 radical (unpaired) electrons. The SMILES string of the molecule is CCOCCOC(=NC(=O)c1ccccc1F)N(C)C1CCN(C)CC1. The number of likely N-dealkylation sites (tertiary alicyclic amines) is 1. The van der Waals surface area contributed by atoms with Crippen molar-refractivity contribution >= 4 is 11.9 Å². The minimum absolute atomic E-state index is 0.0600. The van der Waals surface area contributed by atoms with Crippen molar-refractivity contribution in [1.29, 1.82) is 0 Å². The monoisotopic (exact) mass is 365 g/mol. The summed E-state index contributed by atoms with van der Waals surface area (Å²) in [4.78, 5) is 20.7. The maximum absolute atomic E-state index is 13.9. The Labute approximate surface area is 154 Å². The van der Waals surface area contributed by atoms with Crippen LogP contribution >= 0.6 is 0 Å². The van der Waals surface area contributed by atoms with Crippen molar-refractivity contribution < 1.29 is 18.7 Å². The second kappa shape index (κ2) is 10.2. The Morgan fingerprint density at radius 3 is 2.65 bits per heavy atom. The molecule has 1 heterocycles. The van der Waals surface area contributed by atoms with Crippen molar-refractivity contribution in [3.63, 3.8) is 0 Å². The molecule has 0 aromatic heterocycles. The third-order valence-corrected chi connectivity index (χ3v) is 4.50. The molecular weight excluding hydrogens is 337 g/mol. The Kier molecular flexibility index (Phi) is 8.00. The van der Waals surface area contributed by atoms with Gasteiger partial charge in [-0.1, -0.05) is 12.1 Å². The molecule has 0 unspecified atom stereocenters. The van der Waals surface area contributed by atoms with Crippen molar-refractivity contribution in [3.8, 4) is 0 Å². The molecule has 1 aliphatic rings. The fourth-order valence-electron chi connectivity index (χ4n) is 2.87. The molecule has 1 aliphatic heterocycles. The lowest BCUT2D eigenvalue weighted by molar-refractivity contribution is 0.0871. The van der Waals surface area contributed by atoms with E-state index in [9.17, 15) is 9.18 Å². The number of aliphatic imine (C=N–C) groups is 1. The molecule has 144 valence electrons. The molecule has 0 aliphatic carbocycles. The van der Waals surface area contributed by atoms with E-state index in [4.69, 9.17) is 9.47 Å². The number of halogens is 1. The zero-order valence-corrected chi connectivity index (χ0v) is 15.8. The van der Waals surface area contributed by atoms with Crippen LogP contribution in [0.5, 0.6) is 0 Å². The Morgan fingerprint density at radius 2 is 2.00 bits per heavy atom. The first-order chi connectivity index (χ1) is 12.5. The third-order valence-electron chi connectivity index (χ3n) is 4.50. The maximum atomic E-state index is 13.9. The van der Waals surface area contributed by atoms with E-state index in [0.717, 1.165) is 25.9 Å². The van der Waals surface area contributed by atoms with Crippen LogP contribution in [0.4, 0.5) is 4.39 Å². The van der Waals surface area contributed by atoms with Gasteiger partial charge in [-0.3, -0.25) is 4.79 Å². The lowest BCUT2D eigenvalue weighted by Crippen LogP contribution is -2.45. The van der Waals surface area contributed by atoms with E-state index in [2.05, 4.69) is 16.9 Å². The van der Waals surface area contributed by atoms with E-state index >= 15 is 0 Å². The Bertz CT molecular complexity index is 616. The van der Waals surface area contributed by atoms with Gasteiger partial charge in [-0.05, 0) is 52.0 Å². The minimum atomic E-state index is -0.644. The van der Waals surface area contributed by atoms with Crippen LogP contribution in [0.25, 0.3) is 0 Å². The summed E-state index contributed by atoms with van der Waals surface area (Å²) in [5.41, 5.74) is -0.0600. The molecule has 0 N–H and O–H groups in total. The summed E-state index contributed by atoms with van der Waals surface area (Å²) in [5, 5.41) is 0. The molecule has 0 saturated carbocycles. The summed E-state index contributed by atoms with van der Waals surface area (Å²) < 4.78 is 24.9. The number of hydrogen-bond acceptors (Lipinski definition) is 4. The summed E-state index contributed by atoms with van der Waals surface area (Å²) in [5.74, 6) is -1.23. The Hall–Kier alpha value is -1.99. The highest BCUT2D eigenvalue weighted by Gasteiger charge is 2.25. The molecule has 2 rings (SSSR count). The van der Waals surface area contributed by atoms with Gasteiger partial charge < -0.3 is 19.3 Å². The van der Waals surface area contributed by atoms with Gasteiger partial charge in [-0.15, -0.1) is 0 Å². The molecule has 26 heavy (non-hydrogen) atoms. The number of nitrogens with zero attached hydrogens (tertiary/aromatic N) is 3. The number of benzene rings is 1. The van der Waals surface area contributed by atoms with Crippen LogP contribution in [0.1, 0.15) is 30.1 Å². The van der Waals surface area contributed by atoms with Gasteiger partial charge >= 0.3 is 0 Å². The summed E-state index contributed by atoms with van der Waals surface area (Å²) in [6.07, 6.45) is 1.91. The Morgan fingerprint density at radius 1 is 1.31 bits per heavy atom. The number of carbonyl (C=O) groups excluding carboxylic acids is 1. The zero-order valence-electron chi connectivity index (χ0n) is 15.8. The van der Waals surface area contributed by atoms with Crippen LogP contribution in [0.2, 0.25) is 0 Å². The first kappa shape index (κ1) is 20.3. The number of rotatable bonds is 6. The van der Waals surface area contributed by atoms with Crippen LogP contribution in [-0.4, -0.2) is 74.8 Å². The van der Waals surface area contributed by atoms with E-state index in [0.29, 0.717) is 13.2 Å². The number of amidine groups is 1. The fraction of sp³-hybridized carbons (Fsp3) is 0.579. The van der Waals surface area contributed by atoms with E-state index in [-0.39, 0.29) is 24.2 Å². The van der Waals surface area contributed by atoms with E-state index in [1.54, 1.807) is 12.1 Å². The largest absolute Gasteiger partial charge is 0.462 e. The van der Waals surface area contributed by atoms with Gasteiger partial charge in [-0.25, -0.2) is 4.39 Å². The number of hydrogen-bond donors (Lipinski definition) is 0. The molecule has 1 aromatic rings. The highest BCUT2D eigenvalue weighted by Crippen LogP contribution is 2.16. The van der Waals surface area contributed by atoms with Gasteiger partial charge in [0.15, 0.2) is 0 Å². The van der Waals surface area contributed by atoms with Gasteiger partial charge in [0.25, 0.3) is 11.9 Å². The van der Waals surface area contributed by atoms with E-state index in [1.807, 2.05) is 18.9 Å². The number of piperidine rings is 1. The average molecular weight is 365 g/mol. The average Bonchev–Trinajstić information content (AvgIpc) is 2.64.